The molecule has 0 bridgehead atoms. The van der Waals surface area contributed by atoms with Gasteiger partial charge in [0, 0.05) is 25.0 Å². The van der Waals surface area contributed by atoms with Crippen molar-refractivity contribution in [3.8, 4) is 5.75 Å². The van der Waals surface area contributed by atoms with Crippen molar-refractivity contribution in [1.29, 1.82) is 0 Å². The first kappa shape index (κ1) is 17.0. The molecule has 0 aromatic heterocycles. The van der Waals surface area contributed by atoms with E-state index in [1.807, 2.05) is 24.3 Å². The van der Waals surface area contributed by atoms with E-state index in [2.05, 4.69) is 5.32 Å². The van der Waals surface area contributed by atoms with Gasteiger partial charge in [0.25, 0.3) is 11.8 Å². The first-order valence-electron chi connectivity index (χ1n) is 8.00. The number of hydrogen-bond donors (Lipinski definition) is 1. The second kappa shape index (κ2) is 7.36. The smallest absolute Gasteiger partial charge is 0.259 e. The van der Waals surface area contributed by atoms with E-state index in [-0.39, 0.29) is 18.4 Å². The van der Waals surface area contributed by atoms with Gasteiger partial charge in [0.05, 0.1) is 12.7 Å². The molecule has 0 aliphatic carbocycles. The summed E-state index contributed by atoms with van der Waals surface area (Å²) in [4.78, 5) is 26.4. The molecule has 6 heteroatoms. The Balaban J connectivity index is 1.82. The largest absolute Gasteiger partial charge is 0.496 e. The van der Waals surface area contributed by atoms with E-state index in [1.54, 1.807) is 23.1 Å². The van der Waals surface area contributed by atoms with Gasteiger partial charge in [-0.3, -0.25) is 9.59 Å². The number of ether oxygens (including phenoxy) is 2. The van der Waals surface area contributed by atoms with E-state index in [0.717, 1.165) is 17.7 Å². The van der Waals surface area contributed by atoms with Gasteiger partial charge in [-0.2, -0.15) is 0 Å². The number of fused-ring (bicyclic) bond motifs is 1. The van der Waals surface area contributed by atoms with Gasteiger partial charge in [0.15, 0.2) is 0 Å². The zero-order valence-electron chi connectivity index (χ0n) is 14.2. The third kappa shape index (κ3) is 3.49. The normalized spacial score (nSPS) is 12.6. The number of nitrogens with zero attached hydrogens (tertiary/aromatic N) is 1. The van der Waals surface area contributed by atoms with Crippen LogP contribution in [0.15, 0.2) is 42.5 Å². The third-order valence-corrected chi connectivity index (χ3v) is 4.16. The first-order valence-corrected chi connectivity index (χ1v) is 8.00. The predicted octanol–water partition coefficient (Wildman–Crippen LogP) is 2.48. The maximum Gasteiger partial charge on any atom is 0.259 e. The zero-order valence-corrected chi connectivity index (χ0v) is 14.2. The van der Waals surface area contributed by atoms with Gasteiger partial charge in [-0.1, -0.05) is 18.2 Å². The molecular weight excluding hydrogens is 320 g/mol. The maximum absolute atomic E-state index is 12.5. The summed E-state index contributed by atoms with van der Waals surface area (Å²) < 4.78 is 10.2. The Morgan fingerprint density at radius 1 is 1.16 bits per heavy atom. The van der Waals surface area contributed by atoms with Crippen molar-refractivity contribution < 1.29 is 19.1 Å². The number of amides is 2. The lowest BCUT2D eigenvalue weighted by atomic mass is 10.1. The highest BCUT2D eigenvalue weighted by Crippen LogP contribution is 2.31. The zero-order chi connectivity index (χ0) is 17.8. The van der Waals surface area contributed by atoms with Crippen LogP contribution in [0.5, 0.6) is 5.75 Å². The number of para-hydroxylation sites is 1. The Morgan fingerprint density at radius 3 is 2.72 bits per heavy atom. The molecule has 6 nitrogen and oxygen atoms in total. The summed E-state index contributed by atoms with van der Waals surface area (Å²) >= 11 is 0. The predicted molar refractivity (Wildman–Crippen MR) is 95.3 cm³/mol. The van der Waals surface area contributed by atoms with E-state index in [1.165, 1.54) is 14.2 Å². The molecule has 1 heterocycles. The van der Waals surface area contributed by atoms with Gasteiger partial charge in [0.2, 0.25) is 0 Å². The van der Waals surface area contributed by atoms with Crippen LogP contribution >= 0.6 is 0 Å². The van der Waals surface area contributed by atoms with Crippen LogP contribution in [0, 0.1) is 0 Å². The molecule has 1 N–H and O–H groups in total. The summed E-state index contributed by atoms with van der Waals surface area (Å²) in [5.41, 5.74) is 2.99. The molecule has 25 heavy (non-hydrogen) atoms. The summed E-state index contributed by atoms with van der Waals surface area (Å²) in [7, 11) is 3.03. The summed E-state index contributed by atoms with van der Waals surface area (Å²) in [6.07, 6.45) is 0.797. The van der Waals surface area contributed by atoms with Crippen molar-refractivity contribution in [2.75, 3.05) is 37.6 Å². The SMILES string of the molecule is COCC(=O)N1CCc2ccc(NC(=O)c3ccccc3OC)cc21. The van der Waals surface area contributed by atoms with Crippen molar-refractivity contribution in [1.82, 2.24) is 0 Å². The molecule has 2 amide bonds. The molecule has 2 aromatic rings. The van der Waals surface area contributed by atoms with Crippen LogP contribution in [0.3, 0.4) is 0 Å². The first-order chi connectivity index (χ1) is 12.1. The van der Waals surface area contributed by atoms with Crippen LogP contribution in [0.4, 0.5) is 11.4 Å². The number of anilines is 2. The van der Waals surface area contributed by atoms with Crippen molar-refractivity contribution in [2.45, 2.75) is 6.42 Å². The van der Waals surface area contributed by atoms with Crippen LogP contribution < -0.4 is 15.0 Å². The van der Waals surface area contributed by atoms with Crippen LogP contribution in [0.1, 0.15) is 15.9 Å². The molecule has 0 unspecified atom stereocenters. The molecule has 3 rings (SSSR count). The van der Waals surface area contributed by atoms with E-state index >= 15 is 0 Å². The number of nitrogens with one attached hydrogen (secondary N) is 1. The quantitative estimate of drug-likeness (QED) is 0.908. The molecule has 1 aliphatic heterocycles. The molecule has 0 atom stereocenters. The molecular formula is C19H20N2O4. The monoisotopic (exact) mass is 340 g/mol. The van der Waals surface area contributed by atoms with Crippen LogP contribution in [0.25, 0.3) is 0 Å². The molecule has 0 saturated heterocycles. The average Bonchev–Trinajstić information content (AvgIpc) is 3.05. The molecule has 0 radical (unpaired) electrons. The number of carbonyl (C=O) groups excluding carboxylic acids is 2. The van der Waals surface area contributed by atoms with E-state index < -0.39 is 0 Å². The van der Waals surface area contributed by atoms with Crippen molar-refractivity contribution in [2.24, 2.45) is 0 Å². The fourth-order valence-electron chi connectivity index (χ4n) is 2.95. The number of carbonyl (C=O) groups is 2. The lowest BCUT2D eigenvalue weighted by Gasteiger charge is -2.18. The van der Waals surface area contributed by atoms with E-state index in [4.69, 9.17) is 9.47 Å². The van der Waals surface area contributed by atoms with Gasteiger partial charge >= 0.3 is 0 Å². The minimum absolute atomic E-state index is 0.0389. The minimum atomic E-state index is -0.259. The Labute approximate surface area is 146 Å². The van der Waals surface area contributed by atoms with Crippen LogP contribution in [-0.4, -0.2) is 39.2 Å². The molecule has 0 spiro atoms. The summed E-state index contributed by atoms with van der Waals surface area (Å²) in [5, 5.41) is 2.87. The van der Waals surface area contributed by atoms with Crippen LogP contribution in [0.2, 0.25) is 0 Å². The van der Waals surface area contributed by atoms with Gasteiger partial charge in [-0.25, -0.2) is 0 Å². The Kier molecular flexibility index (Phi) is 5.00. The fraction of sp³-hybridized carbons (Fsp3) is 0.263. The fourth-order valence-corrected chi connectivity index (χ4v) is 2.95. The number of rotatable bonds is 5. The number of hydrogen-bond acceptors (Lipinski definition) is 4. The van der Waals surface area contributed by atoms with E-state index in [9.17, 15) is 9.59 Å². The number of methoxy groups -OCH3 is 2. The summed E-state index contributed by atoms with van der Waals surface area (Å²) in [6, 6.07) is 12.6. The molecule has 2 aromatic carbocycles. The molecule has 130 valence electrons. The highest BCUT2D eigenvalue weighted by molar-refractivity contribution is 6.06. The Morgan fingerprint density at radius 2 is 1.96 bits per heavy atom. The summed E-state index contributed by atoms with van der Waals surface area (Å²) in [6.45, 7) is 0.665. The molecule has 0 fully saturated rings. The van der Waals surface area contributed by atoms with Gasteiger partial charge in [-0.15, -0.1) is 0 Å². The van der Waals surface area contributed by atoms with E-state index in [0.29, 0.717) is 23.5 Å². The Bertz CT molecular complexity index is 804. The second-order valence-electron chi connectivity index (χ2n) is 5.73. The maximum atomic E-state index is 12.5. The highest BCUT2D eigenvalue weighted by atomic mass is 16.5. The standard InChI is InChI=1S/C19H20N2O4/c1-24-12-18(22)21-10-9-13-7-8-14(11-16(13)21)20-19(23)15-5-3-4-6-17(15)25-2/h3-8,11H,9-10,12H2,1-2H3,(H,20,23). The highest BCUT2D eigenvalue weighted by Gasteiger charge is 2.25. The molecule has 0 saturated carbocycles. The van der Waals surface area contributed by atoms with Gasteiger partial charge in [0.1, 0.15) is 12.4 Å². The Hall–Kier alpha value is -2.86. The third-order valence-electron chi connectivity index (χ3n) is 4.16. The van der Waals surface area contributed by atoms with Crippen molar-refractivity contribution in [3.05, 3.63) is 53.6 Å². The lowest BCUT2D eigenvalue weighted by Crippen LogP contribution is -2.32. The lowest BCUT2D eigenvalue weighted by molar-refractivity contribution is -0.122. The average molecular weight is 340 g/mol. The van der Waals surface area contributed by atoms with Crippen molar-refractivity contribution in [3.63, 3.8) is 0 Å². The van der Waals surface area contributed by atoms with Gasteiger partial charge in [-0.05, 0) is 36.2 Å². The van der Waals surface area contributed by atoms with Crippen molar-refractivity contribution >= 4 is 23.2 Å². The second-order valence-corrected chi connectivity index (χ2v) is 5.73. The minimum Gasteiger partial charge on any atom is -0.496 e. The van der Waals surface area contributed by atoms with Gasteiger partial charge < -0.3 is 19.7 Å². The number of benzene rings is 2. The summed E-state index contributed by atoms with van der Waals surface area (Å²) in [5.74, 6) is 0.165. The van der Waals surface area contributed by atoms with Crippen LogP contribution in [-0.2, 0) is 16.0 Å². The topological polar surface area (TPSA) is 67.9 Å². The molecule has 1 aliphatic rings.